The number of amides is 1. The molecular weight excluding hydrogens is 300 g/mol. The van der Waals surface area contributed by atoms with Crippen molar-refractivity contribution in [3.63, 3.8) is 0 Å². The summed E-state index contributed by atoms with van der Waals surface area (Å²) in [4.78, 5) is 22.6. The zero-order chi connectivity index (χ0) is 16.1. The Hall–Kier alpha value is -2.38. The molecule has 0 bridgehead atoms. The van der Waals surface area contributed by atoms with Gasteiger partial charge in [-0.3, -0.25) is 4.79 Å². The number of aliphatic carboxylic acids is 1. The number of carbonyl (C=O) groups excluding carboxylic acids is 1. The first kappa shape index (κ1) is 16.0. The van der Waals surface area contributed by atoms with E-state index in [0.29, 0.717) is 30.3 Å². The molecule has 1 aromatic carbocycles. The van der Waals surface area contributed by atoms with Gasteiger partial charge >= 0.3 is 5.97 Å². The van der Waals surface area contributed by atoms with E-state index in [1.54, 1.807) is 18.2 Å². The van der Waals surface area contributed by atoms with E-state index < -0.39 is 30.8 Å². The zero-order valence-electron chi connectivity index (χ0n) is 11.6. The fraction of sp³-hybridized carbons (Fsp3) is 0.429. The van der Waals surface area contributed by atoms with Gasteiger partial charge in [0.1, 0.15) is 19.3 Å². The molecule has 0 saturated carbocycles. The fourth-order valence-corrected chi connectivity index (χ4v) is 2.03. The van der Waals surface area contributed by atoms with Crippen molar-refractivity contribution in [1.82, 2.24) is 5.32 Å². The number of carbonyl (C=O) groups is 2. The second kappa shape index (κ2) is 7.06. The van der Waals surface area contributed by atoms with E-state index in [-0.39, 0.29) is 6.42 Å². The van der Waals surface area contributed by atoms with Crippen LogP contribution in [0, 0.1) is 0 Å². The molecule has 2 N–H and O–H groups in total. The molecule has 22 heavy (non-hydrogen) atoms. The van der Waals surface area contributed by atoms with Crippen molar-refractivity contribution < 1.29 is 33.0 Å². The molecule has 0 saturated heterocycles. The topological polar surface area (TPSA) is 84.9 Å². The van der Waals surface area contributed by atoms with Crippen LogP contribution >= 0.6 is 0 Å². The molecule has 8 heteroatoms. The number of alkyl halides is 2. The summed E-state index contributed by atoms with van der Waals surface area (Å²) in [5.74, 6) is -1.07. The van der Waals surface area contributed by atoms with Gasteiger partial charge in [-0.05, 0) is 17.7 Å². The van der Waals surface area contributed by atoms with Gasteiger partial charge in [-0.1, -0.05) is 6.07 Å². The Kier molecular flexibility index (Phi) is 5.13. The number of hydrogen-bond donors (Lipinski definition) is 2. The first-order valence-corrected chi connectivity index (χ1v) is 6.64. The molecule has 1 heterocycles. The molecule has 1 unspecified atom stereocenters. The van der Waals surface area contributed by atoms with Crippen LogP contribution in [0.25, 0.3) is 0 Å². The molecule has 0 spiro atoms. The number of nitrogens with one attached hydrogen (secondary N) is 1. The lowest BCUT2D eigenvalue weighted by molar-refractivity contribution is -0.142. The molecule has 6 nitrogen and oxygen atoms in total. The third kappa shape index (κ3) is 4.31. The van der Waals surface area contributed by atoms with Crippen molar-refractivity contribution in [2.75, 3.05) is 13.2 Å². The monoisotopic (exact) mass is 315 g/mol. The van der Waals surface area contributed by atoms with E-state index >= 15 is 0 Å². The van der Waals surface area contributed by atoms with Crippen molar-refractivity contribution in [3.05, 3.63) is 23.8 Å². The SMILES string of the molecule is O=C(Cc1ccc2c(c1)OCCO2)NC(CC(F)F)C(=O)O. The van der Waals surface area contributed by atoms with Crippen LogP contribution in [0.3, 0.4) is 0 Å². The highest BCUT2D eigenvalue weighted by molar-refractivity contribution is 5.85. The first-order valence-electron chi connectivity index (χ1n) is 6.64. The number of hydrogen-bond acceptors (Lipinski definition) is 4. The third-order valence-electron chi connectivity index (χ3n) is 3.02. The minimum Gasteiger partial charge on any atom is -0.486 e. The van der Waals surface area contributed by atoms with Gasteiger partial charge in [0.2, 0.25) is 12.3 Å². The number of carboxylic acids is 1. The molecule has 0 radical (unpaired) electrons. The van der Waals surface area contributed by atoms with Gasteiger partial charge in [0, 0.05) is 6.42 Å². The van der Waals surface area contributed by atoms with Gasteiger partial charge in [0.15, 0.2) is 11.5 Å². The van der Waals surface area contributed by atoms with Gasteiger partial charge < -0.3 is 19.9 Å². The lowest BCUT2D eigenvalue weighted by atomic mass is 10.1. The highest BCUT2D eigenvalue weighted by Crippen LogP contribution is 2.30. The van der Waals surface area contributed by atoms with Crippen LogP contribution in [0.5, 0.6) is 11.5 Å². The van der Waals surface area contributed by atoms with Gasteiger partial charge in [-0.25, -0.2) is 13.6 Å². The number of fused-ring (bicyclic) bond motifs is 1. The van der Waals surface area contributed by atoms with Gasteiger partial charge in [-0.15, -0.1) is 0 Å². The predicted octanol–water partition coefficient (Wildman–Crippen LogP) is 1.22. The summed E-state index contributed by atoms with van der Waals surface area (Å²) < 4.78 is 35.2. The maximum atomic E-state index is 12.3. The minimum atomic E-state index is -2.81. The zero-order valence-corrected chi connectivity index (χ0v) is 11.6. The summed E-state index contributed by atoms with van der Waals surface area (Å²) in [5.41, 5.74) is 0.572. The van der Waals surface area contributed by atoms with Crippen LogP contribution in [-0.2, 0) is 16.0 Å². The summed E-state index contributed by atoms with van der Waals surface area (Å²) in [6.07, 6.45) is -3.87. The molecule has 0 aromatic heterocycles. The van der Waals surface area contributed by atoms with Crippen LogP contribution in [0.1, 0.15) is 12.0 Å². The predicted molar refractivity (Wildman–Crippen MR) is 71.3 cm³/mol. The van der Waals surface area contributed by atoms with Crippen LogP contribution in [0.15, 0.2) is 18.2 Å². The van der Waals surface area contributed by atoms with Crippen LogP contribution in [0.4, 0.5) is 8.78 Å². The minimum absolute atomic E-state index is 0.135. The van der Waals surface area contributed by atoms with E-state index in [9.17, 15) is 18.4 Å². The average Bonchev–Trinajstić information content (AvgIpc) is 2.45. The Morgan fingerprint density at radius 3 is 2.55 bits per heavy atom. The molecule has 120 valence electrons. The third-order valence-corrected chi connectivity index (χ3v) is 3.02. The quantitative estimate of drug-likeness (QED) is 0.824. The highest BCUT2D eigenvalue weighted by Gasteiger charge is 2.24. The van der Waals surface area contributed by atoms with Crippen LogP contribution < -0.4 is 14.8 Å². The van der Waals surface area contributed by atoms with Crippen molar-refractivity contribution in [2.24, 2.45) is 0 Å². The molecule has 1 aliphatic rings. The molecule has 1 amide bonds. The fourth-order valence-electron chi connectivity index (χ4n) is 2.03. The first-order chi connectivity index (χ1) is 10.5. The van der Waals surface area contributed by atoms with Gasteiger partial charge in [-0.2, -0.15) is 0 Å². The van der Waals surface area contributed by atoms with Crippen LogP contribution in [0.2, 0.25) is 0 Å². The maximum absolute atomic E-state index is 12.3. The molecule has 0 aliphatic carbocycles. The van der Waals surface area contributed by atoms with E-state index in [1.165, 1.54) is 0 Å². The van der Waals surface area contributed by atoms with Crippen molar-refractivity contribution in [2.45, 2.75) is 25.3 Å². The standard InChI is InChI=1S/C14H15F2NO5/c15-12(16)7-9(14(19)20)17-13(18)6-8-1-2-10-11(5-8)22-4-3-21-10/h1-2,5,9,12H,3-4,6-7H2,(H,17,18)(H,19,20). The molecule has 0 fully saturated rings. The maximum Gasteiger partial charge on any atom is 0.326 e. The smallest absolute Gasteiger partial charge is 0.326 e. The second-order valence-corrected chi connectivity index (χ2v) is 4.74. The molecule has 2 rings (SSSR count). The molecular formula is C14H15F2NO5. The lowest BCUT2D eigenvalue weighted by Gasteiger charge is -2.19. The molecule has 1 atom stereocenters. The Bertz CT molecular complexity index is 564. The van der Waals surface area contributed by atoms with Gasteiger partial charge in [0.25, 0.3) is 0 Å². The van der Waals surface area contributed by atoms with E-state index in [4.69, 9.17) is 14.6 Å². The number of rotatable bonds is 6. The average molecular weight is 315 g/mol. The number of ether oxygens (including phenoxy) is 2. The Balaban J connectivity index is 1.97. The van der Waals surface area contributed by atoms with Crippen molar-refractivity contribution in [3.8, 4) is 11.5 Å². The normalized spacial score (nSPS) is 14.5. The highest BCUT2D eigenvalue weighted by atomic mass is 19.3. The Morgan fingerprint density at radius 1 is 1.23 bits per heavy atom. The van der Waals surface area contributed by atoms with E-state index in [2.05, 4.69) is 5.32 Å². The Labute approximate surface area is 125 Å². The number of benzene rings is 1. The van der Waals surface area contributed by atoms with Crippen LogP contribution in [-0.4, -0.2) is 42.7 Å². The molecule has 1 aliphatic heterocycles. The second-order valence-electron chi connectivity index (χ2n) is 4.74. The summed E-state index contributed by atoms with van der Waals surface area (Å²) in [7, 11) is 0. The number of halogens is 2. The largest absolute Gasteiger partial charge is 0.486 e. The van der Waals surface area contributed by atoms with Crippen molar-refractivity contribution >= 4 is 11.9 Å². The van der Waals surface area contributed by atoms with Crippen molar-refractivity contribution in [1.29, 1.82) is 0 Å². The lowest BCUT2D eigenvalue weighted by Crippen LogP contribution is -2.42. The number of carboxylic acid groups (broad SMARTS) is 1. The summed E-state index contributed by atoms with van der Waals surface area (Å²) in [6.45, 7) is 0.846. The van der Waals surface area contributed by atoms with Gasteiger partial charge in [0.05, 0.1) is 6.42 Å². The van der Waals surface area contributed by atoms with E-state index in [1.807, 2.05) is 0 Å². The summed E-state index contributed by atoms with van der Waals surface area (Å²) in [5, 5.41) is 10.9. The molecule has 1 aromatic rings. The summed E-state index contributed by atoms with van der Waals surface area (Å²) in [6, 6.07) is 3.28. The summed E-state index contributed by atoms with van der Waals surface area (Å²) >= 11 is 0. The van der Waals surface area contributed by atoms with E-state index in [0.717, 1.165) is 0 Å². The Morgan fingerprint density at radius 2 is 1.91 bits per heavy atom.